The van der Waals surface area contributed by atoms with Crippen LogP contribution in [0.25, 0.3) is 0 Å². The molecule has 2 N–H and O–H groups in total. The molecule has 7 heteroatoms. The van der Waals surface area contributed by atoms with Crippen LogP contribution in [-0.4, -0.2) is 23.4 Å². The summed E-state index contributed by atoms with van der Waals surface area (Å²) in [5, 5.41) is 11.6. The van der Waals surface area contributed by atoms with Crippen LogP contribution in [0.5, 0.6) is 0 Å². The van der Waals surface area contributed by atoms with Crippen molar-refractivity contribution in [2.75, 3.05) is 6.61 Å². The monoisotopic (exact) mass is 305 g/mol. The fourth-order valence-corrected chi connectivity index (χ4v) is 1.62. The van der Waals surface area contributed by atoms with Crippen LogP contribution in [0.15, 0.2) is 24.3 Å². The van der Waals surface area contributed by atoms with Crippen LogP contribution in [0.1, 0.15) is 37.9 Å². The van der Waals surface area contributed by atoms with Gasteiger partial charge in [-0.15, -0.1) is 0 Å². The first kappa shape index (κ1) is 17.3. The summed E-state index contributed by atoms with van der Waals surface area (Å²) in [7, 11) is 0. The van der Waals surface area contributed by atoms with Crippen molar-refractivity contribution in [1.82, 2.24) is 5.32 Å². The third-order valence-electron chi connectivity index (χ3n) is 2.49. The average Bonchev–Trinajstić information content (AvgIpc) is 2.33. The highest BCUT2D eigenvalue weighted by Gasteiger charge is 2.31. The topological polar surface area (TPSA) is 58.6 Å². The first-order valence-electron chi connectivity index (χ1n) is 6.30. The van der Waals surface area contributed by atoms with Gasteiger partial charge in [-0.1, -0.05) is 12.1 Å². The van der Waals surface area contributed by atoms with E-state index in [1.807, 2.05) is 0 Å². The minimum atomic E-state index is -4.48. The van der Waals surface area contributed by atoms with Gasteiger partial charge in [0.1, 0.15) is 5.60 Å². The quantitative estimate of drug-likeness (QED) is 0.901. The van der Waals surface area contributed by atoms with E-state index in [4.69, 9.17) is 4.74 Å². The molecule has 1 amide bonds. The van der Waals surface area contributed by atoms with Crippen LogP contribution in [-0.2, 0) is 10.9 Å². The molecule has 0 aliphatic carbocycles. The van der Waals surface area contributed by atoms with Crippen LogP contribution < -0.4 is 5.32 Å². The van der Waals surface area contributed by atoms with Crippen LogP contribution >= 0.6 is 0 Å². The molecule has 4 nitrogen and oxygen atoms in total. The molecular formula is C14H18F3NO3. The van der Waals surface area contributed by atoms with E-state index in [0.29, 0.717) is 0 Å². The summed E-state index contributed by atoms with van der Waals surface area (Å²) in [5.41, 5.74) is -1.43. The molecule has 1 atom stereocenters. The second kappa shape index (κ2) is 6.34. The highest BCUT2D eigenvalue weighted by Crippen LogP contribution is 2.30. The Morgan fingerprint density at radius 3 is 2.43 bits per heavy atom. The van der Waals surface area contributed by atoms with Gasteiger partial charge in [0.15, 0.2) is 0 Å². The van der Waals surface area contributed by atoms with Gasteiger partial charge in [0, 0.05) is 0 Å². The van der Waals surface area contributed by atoms with Crippen molar-refractivity contribution < 1.29 is 27.8 Å². The van der Waals surface area contributed by atoms with E-state index in [-0.39, 0.29) is 5.56 Å². The molecule has 0 heterocycles. The maximum Gasteiger partial charge on any atom is 0.416 e. The van der Waals surface area contributed by atoms with Gasteiger partial charge >= 0.3 is 12.3 Å². The minimum Gasteiger partial charge on any atom is -0.444 e. The Labute approximate surface area is 120 Å². The maximum absolute atomic E-state index is 12.6. The molecule has 21 heavy (non-hydrogen) atoms. The molecule has 0 aliphatic heterocycles. The molecular weight excluding hydrogens is 287 g/mol. The van der Waals surface area contributed by atoms with Crippen molar-refractivity contribution in [2.24, 2.45) is 0 Å². The number of rotatable bonds is 3. The standard InChI is InChI=1S/C14H18F3NO3/c1-13(2,3)21-12(20)18-11(8-19)9-5-4-6-10(7-9)14(15,16)17/h4-7,11,19H,8H2,1-3H3,(H,18,20)/t11-/m1/s1. The van der Waals surface area contributed by atoms with E-state index in [2.05, 4.69) is 5.32 Å². The van der Waals surface area contributed by atoms with Gasteiger partial charge < -0.3 is 15.2 Å². The Morgan fingerprint density at radius 1 is 1.33 bits per heavy atom. The zero-order chi connectivity index (χ0) is 16.3. The molecule has 0 aliphatic rings. The molecule has 0 aromatic heterocycles. The van der Waals surface area contributed by atoms with E-state index < -0.39 is 36.1 Å². The lowest BCUT2D eigenvalue weighted by Crippen LogP contribution is -2.36. The summed E-state index contributed by atoms with van der Waals surface area (Å²) in [5.74, 6) is 0. The summed E-state index contributed by atoms with van der Waals surface area (Å²) in [4.78, 5) is 11.6. The van der Waals surface area contributed by atoms with Crippen molar-refractivity contribution in [3.8, 4) is 0 Å². The molecule has 0 bridgehead atoms. The smallest absolute Gasteiger partial charge is 0.416 e. The van der Waals surface area contributed by atoms with Crippen molar-refractivity contribution in [3.63, 3.8) is 0 Å². The van der Waals surface area contributed by atoms with Gasteiger partial charge in [0.2, 0.25) is 0 Å². The van der Waals surface area contributed by atoms with E-state index in [1.165, 1.54) is 12.1 Å². The summed E-state index contributed by atoms with van der Waals surface area (Å²) in [6.45, 7) is 4.43. The largest absolute Gasteiger partial charge is 0.444 e. The zero-order valence-corrected chi connectivity index (χ0v) is 12.0. The van der Waals surface area contributed by atoms with Crippen LogP contribution in [0.3, 0.4) is 0 Å². The lowest BCUT2D eigenvalue weighted by molar-refractivity contribution is -0.137. The van der Waals surface area contributed by atoms with E-state index in [0.717, 1.165) is 12.1 Å². The molecule has 0 unspecified atom stereocenters. The molecule has 1 rings (SSSR count). The Balaban J connectivity index is 2.88. The van der Waals surface area contributed by atoms with E-state index in [9.17, 15) is 23.1 Å². The normalized spacial score (nSPS) is 13.7. The fraction of sp³-hybridized carbons (Fsp3) is 0.500. The number of aliphatic hydroxyl groups excluding tert-OH is 1. The number of ether oxygens (including phenoxy) is 1. The Kier molecular flexibility index (Phi) is 5.22. The van der Waals surface area contributed by atoms with Gasteiger partial charge in [-0.2, -0.15) is 13.2 Å². The highest BCUT2D eigenvalue weighted by molar-refractivity contribution is 5.68. The van der Waals surface area contributed by atoms with E-state index >= 15 is 0 Å². The predicted molar refractivity (Wildman–Crippen MR) is 70.6 cm³/mol. The molecule has 1 aromatic rings. The number of halogens is 3. The SMILES string of the molecule is CC(C)(C)OC(=O)N[C@H](CO)c1cccc(C(F)(F)F)c1. The molecule has 0 fully saturated rings. The molecule has 1 aromatic carbocycles. The van der Waals surface area contributed by atoms with Gasteiger partial charge in [-0.25, -0.2) is 4.79 Å². The predicted octanol–water partition coefficient (Wildman–Crippen LogP) is 3.26. The Bertz CT molecular complexity index is 495. The Hall–Kier alpha value is -1.76. The second-order valence-electron chi connectivity index (χ2n) is 5.50. The second-order valence-corrected chi connectivity index (χ2v) is 5.50. The van der Waals surface area contributed by atoms with Crippen LogP contribution in [0.2, 0.25) is 0 Å². The van der Waals surface area contributed by atoms with Gasteiger partial charge in [0.05, 0.1) is 18.2 Å². The number of hydrogen-bond acceptors (Lipinski definition) is 3. The molecule has 0 spiro atoms. The lowest BCUT2D eigenvalue weighted by Gasteiger charge is -2.23. The number of hydrogen-bond donors (Lipinski definition) is 2. The maximum atomic E-state index is 12.6. The third-order valence-corrected chi connectivity index (χ3v) is 2.49. The van der Waals surface area contributed by atoms with Gasteiger partial charge in [-0.3, -0.25) is 0 Å². The summed E-state index contributed by atoms with van der Waals surface area (Å²) in [6, 6.07) is 3.46. The number of aliphatic hydroxyl groups is 1. The number of carbonyl (C=O) groups is 1. The van der Waals surface area contributed by atoms with Crippen LogP contribution in [0.4, 0.5) is 18.0 Å². The number of carbonyl (C=O) groups excluding carboxylic acids is 1. The number of benzene rings is 1. The molecule has 0 radical (unpaired) electrons. The summed E-state index contributed by atoms with van der Waals surface area (Å²) >= 11 is 0. The van der Waals surface area contributed by atoms with Crippen molar-refractivity contribution in [3.05, 3.63) is 35.4 Å². The van der Waals surface area contributed by atoms with Crippen LogP contribution in [0, 0.1) is 0 Å². The summed E-state index contributed by atoms with van der Waals surface area (Å²) < 4.78 is 42.9. The first-order valence-corrected chi connectivity index (χ1v) is 6.30. The summed E-state index contributed by atoms with van der Waals surface area (Å²) in [6.07, 6.45) is -5.29. The fourth-order valence-electron chi connectivity index (χ4n) is 1.62. The third kappa shape index (κ3) is 5.63. The average molecular weight is 305 g/mol. The number of amides is 1. The number of alkyl halides is 3. The number of nitrogens with one attached hydrogen (secondary N) is 1. The number of alkyl carbamates (subject to hydrolysis) is 1. The Morgan fingerprint density at radius 2 is 1.95 bits per heavy atom. The highest BCUT2D eigenvalue weighted by atomic mass is 19.4. The molecule has 0 saturated heterocycles. The van der Waals surface area contributed by atoms with Gasteiger partial charge in [-0.05, 0) is 38.5 Å². The van der Waals surface area contributed by atoms with E-state index in [1.54, 1.807) is 20.8 Å². The van der Waals surface area contributed by atoms with Gasteiger partial charge in [0.25, 0.3) is 0 Å². The molecule has 118 valence electrons. The lowest BCUT2D eigenvalue weighted by atomic mass is 10.0. The van der Waals surface area contributed by atoms with Crippen molar-refractivity contribution in [1.29, 1.82) is 0 Å². The molecule has 0 saturated carbocycles. The minimum absolute atomic E-state index is 0.151. The van der Waals surface area contributed by atoms with Crippen molar-refractivity contribution >= 4 is 6.09 Å². The van der Waals surface area contributed by atoms with Crippen molar-refractivity contribution in [2.45, 2.75) is 38.6 Å². The zero-order valence-electron chi connectivity index (χ0n) is 12.0. The first-order chi connectivity index (χ1) is 9.53.